The van der Waals surface area contributed by atoms with Gasteiger partial charge in [-0.25, -0.2) is 4.98 Å². The molecule has 0 unspecified atom stereocenters. The molecule has 4 rings (SSSR count). The lowest BCUT2D eigenvalue weighted by molar-refractivity contribution is 0.174. The van der Waals surface area contributed by atoms with E-state index in [2.05, 4.69) is 25.5 Å². The average Bonchev–Trinajstić information content (AvgIpc) is 3.42. The zero-order valence-electron chi connectivity index (χ0n) is 15.1. The van der Waals surface area contributed by atoms with Crippen LogP contribution in [0.3, 0.4) is 0 Å². The number of hydrogen-bond donors (Lipinski definition) is 2. The number of aromatic amines is 1. The Kier molecular flexibility index (Phi) is 4.65. The highest BCUT2D eigenvalue weighted by Crippen LogP contribution is 2.32. The van der Waals surface area contributed by atoms with Gasteiger partial charge in [-0.2, -0.15) is 0 Å². The molecule has 0 spiro atoms. The first-order chi connectivity index (χ1) is 13.2. The van der Waals surface area contributed by atoms with Gasteiger partial charge in [0, 0.05) is 20.6 Å². The van der Waals surface area contributed by atoms with Crippen LogP contribution in [0.1, 0.15) is 11.4 Å². The number of ether oxygens (including phenoxy) is 2. The second-order valence-electron chi connectivity index (χ2n) is 6.03. The molecule has 27 heavy (non-hydrogen) atoms. The topological polar surface area (TPSA) is 101 Å². The number of hydrogen-bond acceptors (Lipinski definition) is 6. The Hall–Kier alpha value is -3.49. The van der Waals surface area contributed by atoms with Crippen LogP contribution < -0.4 is 14.8 Å². The average molecular weight is 368 g/mol. The van der Waals surface area contributed by atoms with Crippen LogP contribution in [-0.2, 0) is 13.1 Å². The normalized spacial score (nSPS) is 13.0. The Morgan fingerprint density at radius 2 is 2.19 bits per heavy atom. The summed E-state index contributed by atoms with van der Waals surface area (Å²) < 4.78 is 16.1. The van der Waals surface area contributed by atoms with Crippen LogP contribution in [0.5, 0.6) is 11.5 Å². The van der Waals surface area contributed by atoms with Crippen LogP contribution >= 0.6 is 0 Å². The van der Waals surface area contributed by atoms with Gasteiger partial charge < -0.3 is 24.1 Å². The predicted molar refractivity (Wildman–Crippen MR) is 98.3 cm³/mol. The van der Waals surface area contributed by atoms with Crippen LogP contribution in [-0.4, -0.2) is 46.9 Å². The molecule has 0 fully saturated rings. The van der Waals surface area contributed by atoms with Gasteiger partial charge in [-0.15, -0.1) is 5.10 Å². The predicted octanol–water partition coefficient (Wildman–Crippen LogP) is 2.00. The van der Waals surface area contributed by atoms with E-state index >= 15 is 0 Å². The minimum absolute atomic E-state index is 0.273. The van der Waals surface area contributed by atoms with Gasteiger partial charge in [0.25, 0.3) is 0 Å². The van der Waals surface area contributed by atoms with Crippen molar-refractivity contribution in [1.29, 1.82) is 0 Å². The molecular formula is C18H20N6O3. The molecule has 140 valence electrons. The highest BCUT2D eigenvalue weighted by molar-refractivity contribution is 5.79. The molecule has 0 amide bonds. The van der Waals surface area contributed by atoms with Gasteiger partial charge in [0.2, 0.25) is 12.6 Å². The zero-order valence-corrected chi connectivity index (χ0v) is 15.1. The van der Waals surface area contributed by atoms with E-state index in [9.17, 15) is 0 Å². The zero-order chi connectivity index (χ0) is 18.6. The smallest absolute Gasteiger partial charge is 0.231 e. The molecule has 2 aromatic heterocycles. The summed E-state index contributed by atoms with van der Waals surface area (Å²) in [6.45, 7) is 1.41. The van der Waals surface area contributed by atoms with Gasteiger partial charge in [0.15, 0.2) is 23.2 Å². The molecule has 0 radical (unpaired) electrons. The summed E-state index contributed by atoms with van der Waals surface area (Å²) in [4.78, 5) is 10.8. The van der Waals surface area contributed by atoms with E-state index in [4.69, 9.17) is 13.9 Å². The number of nitrogens with one attached hydrogen (secondary N) is 2. The van der Waals surface area contributed by atoms with Crippen LogP contribution in [0.15, 0.2) is 46.0 Å². The summed E-state index contributed by atoms with van der Waals surface area (Å²) in [6.07, 6.45) is 1.59. The van der Waals surface area contributed by atoms with Gasteiger partial charge in [0.05, 0.1) is 12.8 Å². The second kappa shape index (κ2) is 7.40. The molecule has 3 aromatic rings. The first-order valence-electron chi connectivity index (χ1n) is 8.48. The first kappa shape index (κ1) is 17.0. The number of guanidine groups is 1. The minimum atomic E-state index is 0.273. The maximum absolute atomic E-state index is 5.43. The van der Waals surface area contributed by atoms with E-state index in [0.29, 0.717) is 30.5 Å². The Bertz CT molecular complexity index is 934. The molecule has 0 atom stereocenters. The fourth-order valence-electron chi connectivity index (χ4n) is 2.83. The number of aliphatic imine (C=N–C) groups is 1. The van der Waals surface area contributed by atoms with E-state index in [0.717, 1.165) is 23.0 Å². The van der Waals surface area contributed by atoms with Crippen LogP contribution in [0.2, 0.25) is 0 Å². The van der Waals surface area contributed by atoms with E-state index < -0.39 is 0 Å². The molecule has 1 aliphatic rings. The third-order valence-electron chi connectivity index (χ3n) is 4.12. The summed E-state index contributed by atoms with van der Waals surface area (Å²) in [7, 11) is 3.71. The number of aromatic nitrogens is 3. The van der Waals surface area contributed by atoms with E-state index in [1.807, 2.05) is 36.2 Å². The fourth-order valence-corrected chi connectivity index (χ4v) is 2.83. The summed E-state index contributed by atoms with van der Waals surface area (Å²) in [6, 6.07) is 9.54. The monoisotopic (exact) mass is 368 g/mol. The van der Waals surface area contributed by atoms with Crippen molar-refractivity contribution < 1.29 is 13.9 Å². The molecule has 1 aromatic carbocycles. The summed E-state index contributed by atoms with van der Waals surface area (Å²) >= 11 is 0. The van der Waals surface area contributed by atoms with E-state index in [1.54, 1.807) is 19.4 Å². The summed E-state index contributed by atoms with van der Waals surface area (Å²) in [5.41, 5.74) is 1.10. The Morgan fingerprint density at radius 1 is 1.30 bits per heavy atom. The van der Waals surface area contributed by atoms with Crippen LogP contribution in [0, 0.1) is 0 Å². The Morgan fingerprint density at radius 3 is 3.00 bits per heavy atom. The number of benzene rings is 1. The maximum Gasteiger partial charge on any atom is 0.231 e. The SMILES string of the molecule is CN=C(NCc1nc(-c2ccco2)n[nH]1)N(C)Cc1ccc2c(c1)OCO2. The molecule has 1 aliphatic heterocycles. The Labute approximate surface area is 156 Å². The number of H-pyrrole nitrogens is 1. The number of nitrogens with zero attached hydrogens (tertiary/aromatic N) is 4. The minimum Gasteiger partial charge on any atom is -0.461 e. The van der Waals surface area contributed by atoms with Crippen molar-refractivity contribution >= 4 is 5.96 Å². The lowest BCUT2D eigenvalue weighted by atomic mass is 10.2. The van der Waals surface area contributed by atoms with Gasteiger partial charge >= 0.3 is 0 Å². The molecule has 9 heteroatoms. The summed E-state index contributed by atoms with van der Waals surface area (Å²) in [5, 5.41) is 10.3. The molecule has 2 N–H and O–H groups in total. The van der Waals surface area contributed by atoms with Gasteiger partial charge in [0.1, 0.15) is 5.82 Å². The van der Waals surface area contributed by atoms with Crippen molar-refractivity contribution in [2.24, 2.45) is 4.99 Å². The van der Waals surface area contributed by atoms with Crippen LogP contribution in [0.25, 0.3) is 11.6 Å². The lowest BCUT2D eigenvalue weighted by Crippen LogP contribution is -2.38. The molecule has 0 saturated carbocycles. The number of fused-ring (bicyclic) bond motifs is 1. The van der Waals surface area contributed by atoms with Crippen molar-refractivity contribution in [3.8, 4) is 23.1 Å². The first-order valence-corrected chi connectivity index (χ1v) is 8.48. The molecule has 3 heterocycles. The standard InChI is InChI=1S/C18H20N6O3/c1-19-18(20-9-16-21-17(23-22-16)14-4-3-7-25-14)24(2)10-12-5-6-13-15(8-12)27-11-26-13/h3-8H,9-11H2,1-2H3,(H,19,20)(H,21,22,23). The number of furan rings is 1. The highest BCUT2D eigenvalue weighted by atomic mass is 16.7. The Balaban J connectivity index is 1.36. The third kappa shape index (κ3) is 3.71. The van der Waals surface area contributed by atoms with Gasteiger partial charge in [-0.3, -0.25) is 10.1 Å². The molecule has 9 nitrogen and oxygen atoms in total. The molecule has 0 aliphatic carbocycles. The van der Waals surface area contributed by atoms with Crippen molar-refractivity contribution in [1.82, 2.24) is 25.4 Å². The largest absolute Gasteiger partial charge is 0.461 e. The fraction of sp³-hybridized carbons (Fsp3) is 0.278. The van der Waals surface area contributed by atoms with E-state index in [-0.39, 0.29) is 6.79 Å². The summed E-state index contributed by atoms with van der Waals surface area (Å²) in [5.74, 6) is 4.14. The van der Waals surface area contributed by atoms with E-state index in [1.165, 1.54) is 0 Å². The molecule has 0 bridgehead atoms. The van der Waals surface area contributed by atoms with Gasteiger partial charge in [-0.05, 0) is 29.8 Å². The quantitative estimate of drug-likeness (QED) is 0.525. The second-order valence-corrected chi connectivity index (χ2v) is 6.03. The van der Waals surface area contributed by atoms with Crippen molar-refractivity contribution in [2.75, 3.05) is 20.9 Å². The maximum atomic E-state index is 5.43. The van der Waals surface area contributed by atoms with Crippen molar-refractivity contribution in [3.05, 3.63) is 48.0 Å². The number of rotatable bonds is 5. The highest BCUT2D eigenvalue weighted by Gasteiger charge is 2.15. The lowest BCUT2D eigenvalue weighted by Gasteiger charge is -2.21. The molecular weight excluding hydrogens is 348 g/mol. The third-order valence-corrected chi connectivity index (χ3v) is 4.12. The van der Waals surface area contributed by atoms with Crippen LogP contribution in [0.4, 0.5) is 0 Å². The van der Waals surface area contributed by atoms with Gasteiger partial charge in [-0.1, -0.05) is 6.07 Å². The molecule has 0 saturated heterocycles. The van der Waals surface area contributed by atoms with Crippen molar-refractivity contribution in [2.45, 2.75) is 13.1 Å². The van der Waals surface area contributed by atoms with Crippen molar-refractivity contribution in [3.63, 3.8) is 0 Å².